The number of aryl methyl sites for hydroxylation is 1. The molecule has 2 aromatic carbocycles. The molecule has 0 fully saturated rings. The first-order valence-electron chi connectivity index (χ1n) is 7.31. The number of benzene rings is 2. The lowest BCUT2D eigenvalue weighted by Gasteiger charge is -2.14. The van der Waals surface area contributed by atoms with Crippen LogP contribution in [0.5, 0.6) is 5.75 Å². The molecule has 120 valence electrons. The van der Waals surface area contributed by atoms with E-state index in [1.807, 2.05) is 24.3 Å². The molecule has 1 N–H and O–H groups in total. The third kappa shape index (κ3) is 4.29. The van der Waals surface area contributed by atoms with Crippen molar-refractivity contribution in [3.05, 3.63) is 64.2 Å². The Bertz CT molecular complexity index is 698. The first-order chi connectivity index (χ1) is 11.0. The van der Waals surface area contributed by atoms with Crippen molar-refractivity contribution < 1.29 is 14.5 Å². The van der Waals surface area contributed by atoms with E-state index in [9.17, 15) is 14.9 Å². The minimum atomic E-state index is -0.859. The molecular formula is C17H18N2O4. The second-order valence-corrected chi connectivity index (χ2v) is 5.02. The average Bonchev–Trinajstić information content (AvgIpc) is 2.55. The Morgan fingerprint density at radius 3 is 2.48 bits per heavy atom. The molecule has 1 unspecified atom stereocenters. The van der Waals surface area contributed by atoms with Crippen molar-refractivity contribution in [1.82, 2.24) is 0 Å². The number of hydrogen-bond acceptors (Lipinski definition) is 4. The summed E-state index contributed by atoms with van der Waals surface area (Å²) in [5, 5.41) is 13.7. The highest BCUT2D eigenvalue weighted by Gasteiger charge is 2.20. The van der Waals surface area contributed by atoms with Gasteiger partial charge < -0.3 is 10.1 Å². The number of nitrogens with zero attached hydrogens (tertiary/aromatic N) is 1. The molecule has 1 atom stereocenters. The molecule has 0 aliphatic rings. The summed E-state index contributed by atoms with van der Waals surface area (Å²) in [5.41, 5.74) is 1.66. The van der Waals surface area contributed by atoms with Gasteiger partial charge in [0.2, 0.25) is 0 Å². The molecule has 23 heavy (non-hydrogen) atoms. The van der Waals surface area contributed by atoms with E-state index >= 15 is 0 Å². The fourth-order valence-corrected chi connectivity index (χ4v) is 2.02. The Labute approximate surface area is 134 Å². The van der Waals surface area contributed by atoms with Crippen LogP contribution in [0.1, 0.15) is 19.4 Å². The molecule has 0 heterocycles. The summed E-state index contributed by atoms with van der Waals surface area (Å²) in [6.07, 6.45) is 0.0627. The van der Waals surface area contributed by atoms with E-state index in [4.69, 9.17) is 4.74 Å². The maximum Gasteiger partial charge on any atom is 0.310 e. The predicted molar refractivity (Wildman–Crippen MR) is 87.6 cm³/mol. The number of para-hydroxylation sites is 2. The van der Waals surface area contributed by atoms with Crippen LogP contribution in [0.4, 0.5) is 11.4 Å². The van der Waals surface area contributed by atoms with Gasteiger partial charge in [0.15, 0.2) is 11.9 Å². The maximum absolute atomic E-state index is 12.1. The molecule has 2 rings (SSSR count). The summed E-state index contributed by atoms with van der Waals surface area (Å²) in [4.78, 5) is 22.6. The van der Waals surface area contributed by atoms with Crippen LogP contribution in [0.15, 0.2) is 48.5 Å². The SMILES string of the molecule is CCc1ccc(NC(=O)C(C)Oc2ccccc2[N+](=O)[O-])cc1. The minimum absolute atomic E-state index is 0.0708. The summed E-state index contributed by atoms with van der Waals surface area (Å²) in [6.45, 7) is 3.60. The van der Waals surface area contributed by atoms with Crippen molar-refractivity contribution in [1.29, 1.82) is 0 Å². The number of hydrogen-bond donors (Lipinski definition) is 1. The van der Waals surface area contributed by atoms with Gasteiger partial charge in [-0.2, -0.15) is 0 Å². The lowest BCUT2D eigenvalue weighted by Crippen LogP contribution is -2.30. The van der Waals surface area contributed by atoms with Crippen LogP contribution in [0, 0.1) is 10.1 Å². The summed E-state index contributed by atoms with van der Waals surface area (Å²) >= 11 is 0. The van der Waals surface area contributed by atoms with E-state index in [1.54, 1.807) is 19.1 Å². The first-order valence-corrected chi connectivity index (χ1v) is 7.31. The van der Waals surface area contributed by atoms with Gasteiger partial charge in [0, 0.05) is 11.8 Å². The molecule has 0 saturated carbocycles. The number of ether oxygens (including phenoxy) is 1. The van der Waals surface area contributed by atoms with Crippen LogP contribution >= 0.6 is 0 Å². The Kier molecular flexibility index (Phi) is 5.30. The van der Waals surface area contributed by atoms with Crippen LogP contribution in [0.3, 0.4) is 0 Å². The third-order valence-electron chi connectivity index (χ3n) is 3.36. The molecule has 2 aromatic rings. The molecule has 0 aromatic heterocycles. The van der Waals surface area contributed by atoms with Crippen molar-refractivity contribution in [2.24, 2.45) is 0 Å². The monoisotopic (exact) mass is 314 g/mol. The number of nitro groups is 1. The molecule has 0 bridgehead atoms. The molecule has 0 saturated heterocycles. The van der Waals surface area contributed by atoms with Gasteiger partial charge in [-0.05, 0) is 37.1 Å². The second-order valence-electron chi connectivity index (χ2n) is 5.02. The van der Waals surface area contributed by atoms with Crippen molar-refractivity contribution >= 4 is 17.3 Å². The lowest BCUT2D eigenvalue weighted by atomic mass is 10.1. The van der Waals surface area contributed by atoms with E-state index in [2.05, 4.69) is 12.2 Å². The maximum atomic E-state index is 12.1. The van der Waals surface area contributed by atoms with Gasteiger partial charge in [0.25, 0.3) is 5.91 Å². The van der Waals surface area contributed by atoms with Gasteiger partial charge in [-0.15, -0.1) is 0 Å². The van der Waals surface area contributed by atoms with Crippen LogP contribution in [0.2, 0.25) is 0 Å². The predicted octanol–water partition coefficient (Wildman–Crippen LogP) is 3.56. The zero-order valence-electron chi connectivity index (χ0n) is 13.0. The number of nitrogens with one attached hydrogen (secondary N) is 1. The fraction of sp³-hybridized carbons (Fsp3) is 0.235. The number of carbonyl (C=O) groups excluding carboxylic acids is 1. The molecule has 0 radical (unpaired) electrons. The molecule has 0 spiro atoms. The number of carbonyl (C=O) groups is 1. The van der Waals surface area contributed by atoms with Gasteiger partial charge in [0.05, 0.1) is 4.92 Å². The van der Waals surface area contributed by atoms with E-state index in [0.29, 0.717) is 5.69 Å². The quantitative estimate of drug-likeness (QED) is 0.653. The molecule has 1 amide bonds. The average molecular weight is 314 g/mol. The zero-order valence-corrected chi connectivity index (χ0v) is 13.0. The zero-order chi connectivity index (χ0) is 16.8. The number of amides is 1. The summed E-state index contributed by atoms with van der Waals surface area (Å²) in [7, 11) is 0. The Morgan fingerprint density at radius 2 is 1.87 bits per heavy atom. The largest absolute Gasteiger partial charge is 0.474 e. The molecule has 0 aliphatic heterocycles. The van der Waals surface area contributed by atoms with E-state index < -0.39 is 11.0 Å². The highest BCUT2D eigenvalue weighted by Crippen LogP contribution is 2.27. The van der Waals surface area contributed by atoms with Crippen molar-refractivity contribution in [2.45, 2.75) is 26.4 Å². The smallest absolute Gasteiger partial charge is 0.310 e. The fourth-order valence-electron chi connectivity index (χ4n) is 2.02. The molecule has 6 heteroatoms. The normalized spacial score (nSPS) is 11.6. The van der Waals surface area contributed by atoms with Crippen molar-refractivity contribution in [3.63, 3.8) is 0 Å². The van der Waals surface area contributed by atoms with Crippen LogP contribution in [0.25, 0.3) is 0 Å². The molecular weight excluding hydrogens is 296 g/mol. The number of anilines is 1. The lowest BCUT2D eigenvalue weighted by molar-refractivity contribution is -0.386. The Balaban J connectivity index is 2.04. The van der Waals surface area contributed by atoms with E-state index in [1.165, 1.54) is 17.7 Å². The topological polar surface area (TPSA) is 81.5 Å². The third-order valence-corrected chi connectivity index (χ3v) is 3.36. The van der Waals surface area contributed by atoms with Crippen LogP contribution in [-0.4, -0.2) is 16.9 Å². The van der Waals surface area contributed by atoms with Gasteiger partial charge >= 0.3 is 5.69 Å². The van der Waals surface area contributed by atoms with Crippen LogP contribution < -0.4 is 10.1 Å². The van der Waals surface area contributed by atoms with Crippen molar-refractivity contribution in [2.75, 3.05) is 5.32 Å². The summed E-state index contributed by atoms with van der Waals surface area (Å²) < 4.78 is 5.43. The Morgan fingerprint density at radius 1 is 1.22 bits per heavy atom. The van der Waals surface area contributed by atoms with E-state index in [-0.39, 0.29) is 17.3 Å². The highest BCUT2D eigenvalue weighted by molar-refractivity contribution is 5.94. The second kappa shape index (κ2) is 7.40. The number of rotatable bonds is 6. The summed E-state index contributed by atoms with van der Waals surface area (Å²) in [6, 6.07) is 13.5. The van der Waals surface area contributed by atoms with Gasteiger partial charge in [-0.25, -0.2) is 0 Å². The van der Waals surface area contributed by atoms with Gasteiger partial charge in [0.1, 0.15) is 0 Å². The van der Waals surface area contributed by atoms with E-state index in [0.717, 1.165) is 6.42 Å². The van der Waals surface area contributed by atoms with Gasteiger partial charge in [-0.1, -0.05) is 31.2 Å². The van der Waals surface area contributed by atoms with Gasteiger partial charge in [-0.3, -0.25) is 14.9 Å². The molecule has 0 aliphatic carbocycles. The van der Waals surface area contributed by atoms with Crippen molar-refractivity contribution in [3.8, 4) is 5.75 Å². The first kappa shape index (κ1) is 16.5. The molecule has 6 nitrogen and oxygen atoms in total. The van der Waals surface area contributed by atoms with Crippen LogP contribution in [-0.2, 0) is 11.2 Å². The Hall–Kier alpha value is -2.89. The summed E-state index contributed by atoms with van der Waals surface area (Å²) in [5.74, 6) is -0.297. The number of nitro benzene ring substituents is 1. The highest BCUT2D eigenvalue weighted by atomic mass is 16.6. The standard InChI is InChI=1S/C17H18N2O4/c1-3-13-8-10-14(11-9-13)18-17(20)12(2)23-16-7-5-4-6-15(16)19(21)22/h4-12H,3H2,1-2H3,(H,18,20). The minimum Gasteiger partial charge on any atom is -0.474 e.